The van der Waals surface area contributed by atoms with Crippen LogP contribution < -0.4 is 4.74 Å². The lowest BCUT2D eigenvalue weighted by Crippen LogP contribution is -2.32. The molecule has 1 saturated carbocycles. The van der Waals surface area contributed by atoms with Crippen LogP contribution in [0.3, 0.4) is 0 Å². The molecule has 1 atom stereocenters. The van der Waals surface area contributed by atoms with Crippen LogP contribution in [0.25, 0.3) is 0 Å². The van der Waals surface area contributed by atoms with Crippen LogP contribution in [0.2, 0.25) is 0 Å². The molecule has 0 N–H and O–H groups in total. The molecule has 1 aromatic heterocycles. The topological polar surface area (TPSA) is 77.7 Å². The van der Waals surface area contributed by atoms with E-state index >= 15 is 0 Å². The molecule has 1 amide bonds. The Labute approximate surface area is 165 Å². The van der Waals surface area contributed by atoms with Crippen molar-refractivity contribution in [2.45, 2.75) is 44.6 Å². The Kier molecular flexibility index (Phi) is 5.90. The number of likely N-dealkylation sites (tertiary alicyclic amines) is 1. The van der Waals surface area contributed by atoms with Gasteiger partial charge in [-0.15, -0.1) is 0 Å². The van der Waals surface area contributed by atoms with E-state index in [0.717, 1.165) is 43.2 Å². The van der Waals surface area contributed by atoms with Gasteiger partial charge in [0, 0.05) is 19.6 Å². The average Bonchev–Trinajstić information content (AvgIpc) is 3.20. The molecular weight excluding hydrogens is 358 g/mol. The van der Waals surface area contributed by atoms with Gasteiger partial charge in [0.25, 0.3) is 0 Å². The van der Waals surface area contributed by atoms with Crippen molar-refractivity contribution in [1.29, 1.82) is 0 Å². The first-order chi connectivity index (χ1) is 13.7. The second kappa shape index (κ2) is 8.73. The Hall–Kier alpha value is -2.41. The summed E-state index contributed by atoms with van der Waals surface area (Å²) in [5.74, 6) is 2.77. The number of nitrogens with zero attached hydrogens (tertiary/aromatic N) is 3. The van der Waals surface area contributed by atoms with E-state index in [9.17, 15) is 4.79 Å². The van der Waals surface area contributed by atoms with Crippen molar-refractivity contribution < 1.29 is 18.8 Å². The number of aromatic nitrogens is 2. The van der Waals surface area contributed by atoms with Gasteiger partial charge in [-0.3, -0.25) is 4.79 Å². The number of hydrogen-bond acceptors (Lipinski definition) is 6. The molecule has 2 aliphatic rings. The predicted octanol–water partition coefficient (Wildman–Crippen LogP) is 2.95. The van der Waals surface area contributed by atoms with Gasteiger partial charge in [-0.25, -0.2) is 0 Å². The number of benzene rings is 1. The maximum atomic E-state index is 12.9. The first-order valence-corrected chi connectivity index (χ1v) is 10.1. The van der Waals surface area contributed by atoms with Gasteiger partial charge in [-0.05, 0) is 49.3 Å². The molecule has 2 aromatic rings. The molecule has 2 fully saturated rings. The molecule has 2 heterocycles. The van der Waals surface area contributed by atoms with Crippen LogP contribution in [0.4, 0.5) is 0 Å². The second-order valence-corrected chi connectivity index (χ2v) is 7.59. The van der Waals surface area contributed by atoms with E-state index in [1.165, 1.54) is 12.8 Å². The molecule has 0 radical (unpaired) electrons. The Balaban J connectivity index is 1.34. The number of amides is 1. The molecule has 0 spiro atoms. The van der Waals surface area contributed by atoms with Gasteiger partial charge >= 0.3 is 0 Å². The summed E-state index contributed by atoms with van der Waals surface area (Å²) in [7, 11) is 1.63. The third-order valence-electron chi connectivity index (χ3n) is 5.35. The highest BCUT2D eigenvalue weighted by atomic mass is 16.5. The molecule has 150 valence electrons. The Morgan fingerprint density at radius 3 is 3.04 bits per heavy atom. The van der Waals surface area contributed by atoms with E-state index in [-0.39, 0.29) is 11.9 Å². The lowest BCUT2D eigenvalue weighted by molar-refractivity contribution is -0.131. The molecule has 7 heteroatoms. The Morgan fingerprint density at radius 2 is 2.21 bits per heavy atom. The molecule has 1 unspecified atom stereocenters. The number of rotatable bonds is 9. The number of methoxy groups -OCH3 is 1. The number of carbonyl (C=O) groups excluding carboxylic acids is 1. The van der Waals surface area contributed by atoms with E-state index in [4.69, 9.17) is 14.0 Å². The summed E-state index contributed by atoms with van der Waals surface area (Å²) in [5, 5.41) is 4.07. The van der Waals surface area contributed by atoms with Crippen molar-refractivity contribution in [3.05, 3.63) is 41.5 Å². The molecule has 1 saturated heterocycles. The first kappa shape index (κ1) is 18.9. The fourth-order valence-electron chi connectivity index (χ4n) is 3.58. The van der Waals surface area contributed by atoms with E-state index in [0.29, 0.717) is 31.2 Å². The van der Waals surface area contributed by atoms with Gasteiger partial charge in [0.15, 0.2) is 5.82 Å². The average molecular weight is 385 g/mol. The standard InChI is InChI=1S/C21H27N3O4/c1-26-17-5-2-4-16(12-17)13-20(25)24-10-3-6-18(24)21-22-19(23-28-21)9-11-27-14-15-7-8-15/h2,4-5,12,15,18H,3,6-11,13-14H2,1H3. The van der Waals surface area contributed by atoms with Crippen LogP contribution in [-0.2, 0) is 22.4 Å². The molecule has 4 rings (SSSR count). The quantitative estimate of drug-likeness (QED) is 0.618. The summed E-state index contributed by atoms with van der Waals surface area (Å²) >= 11 is 0. The zero-order chi connectivity index (χ0) is 19.3. The lowest BCUT2D eigenvalue weighted by Gasteiger charge is -2.22. The molecule has 1 aliphatic heterocycles. The molecule has 7 nitrogen and oxygen atoms in total. The number of hydrogen-bond donors (Lipinski definition) is 0. The fraction of sp³-hybridized carbons (Fsp3) is 0.571. The van der Waals surface area contributed by atoms with E-state index in [1.54, 1.807) is 7.11 Å². The van der Waals surface area contributed by atoms with Crippen LogP contribution in [0, 0.1) is 5.92 Å². The SMILES string of the molecule is COc1cccc(CC(=O)N2CCCC2c2nc(CCOCC3CC3)no2)c1. The summed E-state index contributed by atoms with van der Waals surface area (Å²) in [6.07, 6.45) is 5.34. The van der Waals surface area contributed by atoms with Crippen molar-refractivity contribution in [2.75, 3.05) is 26.9 Å². The van der Waals surface area contributed by atoms with Crippen LogP contribution in [-0.4, -0.2) is 47.8 Å². The fourth-order valence-corrected chi connectivity index (χ4v) is 3.58. The van der Waals surface area contributed by atoms with Gasteiger partial charge in [-0.2, -0.15) is 4.98 Å². The van der Waals surface area contributed by atoms with E-state index in [2.05, 4.69) is 10.1 Å². The minimum atomic E-state index is -0.133. The number of ether oxygens (including phenoxy) is 2. The monoisotopic (exact) mass is 385 g/mol. The van der Waals surface area contributed by atoms with E-state index in [1.807, 2.05) is 29.2 Å². The van der Waals surface area contributed by atoms with Gasteiger partial charge in [0.1, 0.15) is 11.8 Å². The summed E-state index contributed by atoms with van der Waals surface area (Å²) in [6.45, 7) is 2.16. The third-order valence-corrected chi connectivity index (χ3v) is 5.35. The van der Waals surface area contributed by atoms with Crippen molar-refractivity contribution >= 4 is 5.91 Å². The smallest absolute Gasteiger partial charge is 0.249 e. The van der Waals surface area contributed by atoms with Crippen molar-refractivity contribution in [3.63, 3.8) is 0 Å². The summed E-state index contributed by atoms with van der Waals surface area (Å²) in [4.78, 5) is 19.2. The van der Waals surface area contributed by atoms with Gasteiger partial charge in [-0.1, -0.05) is 17.3 Å². The van der Waals surface area contributed by atoms with Crippen molar-refractivity contribution in [2.24, 2.45) is 5.92 Å². The maximum absolute atomic E-state index is 12.9. The van der Waals surface area contributed by atoms with Crippen molar-refractivity contribution in [1.82, 2.24) is 15.0 Å². The van der Waals surface area contributed by atoms with Gasteiger partial charge < -0.3 is 18.9 Å². The van der Waals surface area contributed by atoms with Crippen molar-refractivity contribution in [3.8, 4) is 5.75 Å². The summed E-state index contributed by atoms with van der Waals surface area (Å²) in [6, 6.07) is 7.49. The zero-order valence-corrected chi connectivity index (χ0v) is 16.3. The Morgan fingerprint density at radius 1 is 1.32 bits per heavy atom. The predicted molar refractivity (Wildman–Crippen MR) is 102 cm³/mol. The molecule has 28 heavy (non-hydrogen) atoms. The van der Waals surface area contributed by atoms with Crippen LogP contribution in [0.15, 0.2) is 28.8 Å². The van der Waals surface area contributed by atoms with Crippen LogP contribution in [0.5, 0.6) is 5.75 Å². The molecule has 0 bridgehead atoms. The molecule has 1 aromatic carbocycles. The largest absolute Gasteiger partial charge is 0.497 e. The molecular formula is C21H27N3O4. The van der Waals surface area contributed by atoms with Crippen LogP contribution in [0.1, 0.15) is 49.0 Å². The normalized spacial score (nSPS) is 19.2. The maximum Gasteiger partial charge on any atom is 0.249 e. The van der Waals surface area contributed by atoms with E-state index < -0.39 is 0 Å². The zero-order valence-electron chi connectivity index (χ0n) is 16.3. The molecule has 1 aliphatic carbocycles. The highest BCUT2D eigenvalue weighted by Crippen LogP contribution is 2.32. The summed E-state index contributed by atoms with van der Waals surface area (Å²) < 4.78 is 16.4. The third kappa shape index (κ3) is 4.70. The highest BCUT2D eigenvalue weighted by Gasteiger charge is 2.34. The van der Waals surface area contributed by atoms with Gasteiger partial charge in [0.05, 0.1) is 20.1 Å². The summed E-state index contributed by atoms with van der Waals surface area (Å²) in [5.41, 5.74) is 0.939. The first-order valence-electron chi connectivity index (χ1n) is 10.1. The lowest BCUT2D eigenvalue weighted by atomic mass is 10.1. The Bertz CT molecular complexity index is 802. The van der Waals surface area contributed by atoms with Gasteiger partial charge in [0.2, 0.25) is 11.8 Å². The van der Waals surface area contributed by atoms with Crippen LogP contribution >= 0.6 is 0 Å². The minimum Gasteiger partial charge on any atom is -0.497 e. The minimum absolute atomic E-state index is 0.0725. The highest BCUT2D eigenvalue weighted by molar-refractivity contribution is 5.79. The second-order valence-electron chi connectivity index (χ2n) is 7.59. The number of carbonyl (C=O) groups is 1.